The van der Waals surface area contributed by atoms with Gasteiger partial charge in [-0.25, -0.2) is 0 Å². The van der Waals surface area contributed by atoms with E-state index in [1.807, 2.05) is 5.38 Å². The summed E-state index contributed by atoms with van der Waals surface area (Å²) in [5.74, 6) is -0.939. The van der Waals surface area contributed by atoms with Crippen LogP contribution in [0.4, 0.5) is 13.2 Å². The zero-order valence-corrected chi connectivity index (χ0v) is 11.2. The normalized spacial score (nSPS) is 25.3. The summed E-state index contributed by atoms with van der Waals surface area (Å²) in [5.41, 5.74) is -2.29. The molecule has 3 nitrogen and oxygen atoms in total. The Bertz CT molecular complexity index is 438. The number of carbonyl (C=O) groups is 1. The third-order valence-corrected chi connectivity index (χ3v) is 4.51. The molecule has 2 rings (SSSR count). The van der Waals surface area contributed by atoms with Crippen molar-refractivity contribution in [2.24, 2.45) is 5.41 Å². The van der Waals surface area contributed by atoms with E-state index in [1.54, 1.807) is 19.1 Å². The van der Waals surface area contributed by atoms with Crippen LogP contribution >= 0.6 is 11.3 Å². The molecule has 0 aromatic carbocycles. The van der Waals surface area contributed by atoms with Crippen LogP contribution in [0.1, 0.15) is 24.3 Å². The van der Waals surface area contributed by atoms with Gasteiger partial charge in [0.05, 0.1) is 6.04 Å². The number of thiophene rings is 1. The largest absolute Gasteiger partial charge is 0.404 e. The highest BCUT2D eigenvalue weighted by Gasteiger charge is 2.61. The Morgan fingerprint density at radius 2 is 2.32 bits per heavy atom. The molecule has 0 radical (unpaired) electrons. The first-order chi connectivity index (χ1) is 8.87. The summed E-state index contributed by atoms with van der Waals surface area (Å²) in [6.45, 7) is 1.55. The van der Waals surface area contributed by atoms with Gasteiger partial charge in [0.1, 0.15) is 0 Å². The Labute approximate surface area is 113 Å². The quantitative estimate of drug-likeness (QED) is 0.898. The summed E-state index contributed by atoms with van der Waals surface area (Å²) in [6.07, 6.45) is -4.74. The van der Waals surface area contributed by atoms with Crippen molar-refractivity contribution in [3.05, 3.63) is 22.4 Å². The molecule has 2 N–H and O–H groups in total. The Hall–Kier alpha value is -1.08. The van der Waals surface area contributed by atoms with Crippen molar-refractivity contribution >= 4 is 17.2 Å². The van der Waals surface area contributed by atoms with E-state index in [-0.39, 0.29) is 19.5 Å². The van der Waals surface area contributed by atoms with Gasteiger partial charge in [-0.05, 0) is 31.3 Å². The van der Waals surface area contributed by atoms with Gasteiger partial charge >= 0.3 is 6.18 Å². The lowest BCUT2D eigenvalue weighted by atomic mass is 9.85. The second-order valence-corrected chi connectivity index (χ2v) is 5.70. The van der Waals surface area contributed by atoms with Crippen molar-refractivity contribution in [2.75, 3.05) is 13.1 Å². The zero-order chi connectivity index (χ0) is 14.1. The number of hydrogen-bond donors (Lipinski definition) is 2. The van der Waals surface area contributed by atoms with Crippen LogP contribution in [-0.2, 0) is 4.79 Å². The molecule has 0 spiro atoms. The number of amides is 1. The first-order valence-electron chi connectivity index (χ1n) is 5.99. The van der Waals surface area contributed by atoms with Gasteiger partial charge in [0.15, 0.2) is 5.41 Å². The summed E-state index contributed by atoms with van der Waals surface area (Å²) in [4.78, 5) is 12.9. The Kier molecular flexibility index (Phi) is 3.87. The lowest BCUT2D eigenvalue weighted by Crippen LogP contribution is -2.52. The van der Waals surface area contributed by atoms with E-state index in [4.69, 9.17) is 0 Å². The SMILES string of the molecule is CC(NC(=O)C1(C(F)(F)F)CCNC1)c1cccs1. The van der Waals surface area contributed by atoms with Gasteiger partial charge in [0, 0.05) is 11.4 Å². The average molecular weight is 292 g/mol. The summed E-state index contributed by atoms with van der Waals surface area (Å²) in [7, 11) is 0. The third-order valence-electron chi connectivity index (χ3n) is 3.45. The van der Waals surface area contributed by atoms with E-state index in [1.165, 1.54) is 11.3 Å². The maximum Gasteiger partial charge on any atom is 0.404 e. The highest BCUT2D eigenvalue weighted by atomic mass is 32.1. The van der Waals surface area contributed by atoms with E-state index in [2.05, 4.69) is 10.6 Å². The van der Waals surface area contributed by atoms with Crippen LogP contribution in [0, 0.1) is 5.41 Å². The summed E-state index contributed by atoms with van der Waals surface area (Å²) < 4.78 is 39.5. The molecule has 1 saturated heterocycles. The van der Waals surface area contributed by atoms with Gasteiger partial charge in [-0.15, -0.1) is 11.3 Å². The Morgan fingerprint density at radius 3 is 2.79 bits per heavy atom. The van der Waals surface area contributed by atoms with E-state index < -0.39 is 23.5 Å². The predicted octanol–water partition coefficient (Wildman–Crippen LogP) is 2.47. The third kappa shape index (κ3) is 2.62. The van der Waals surface area contributed by atoms with Crippen LogP contribution in [0.5, 0.6) is 0 Å². The molecule has 1 aliphatic rings. The minimum atomic E-state index is -4.53. The number of hydrogen-bond acceptors (Lipinski definition) is 3. The van der Waals surface area contributed by atoms with Crippen LogP contribution in [-0.4, -0.2) is 25.2 Å². The molecule has 2 unspecified atom stereocenters. The standard InChI is InChI=1S/C12H15F3N2OS/c1-8(9-3-2-6-19-9)17-10(18)11(12(13,14)15)4-5-16-7-11/h2-3,6,8,16H,4-5,7H2,1H3,(H,17,18). The molecule has 1 fully saturated rings. The van der Waals surface area contributed by atoms with Crippen LogP contribution in [0.3, 0.4) is 0 Å². The fourth-order valence-electron chi connectivity index (χ4n) is 2.20. The molecule has 1 aromatic rings. The van der Waals surface area contributed by atoms with Crippen molar-refractivity contribution in [3.63, 3.8) is 0 Å². The van der Waals surface area contributed by atoms with Crippen molar-refractivity contribution in [1.29, 1.82) is 0 Å². The first-order valence-corrected chi connectivity index (χ1v) is 6.86. The number of rotatable bonds is 3. The van der Waals surface area contributed by atoms with Gasteiger partial charge in [-0.3, -0.25) is 4.79 Å². The van der Waals surface area contributed by atoms with Crippen molar-refractivity contribution in [3.8, 4) is 0 Å². The van der Waals surface area contributed by atoms with E-state index in [0.717, 1.165) is 4.88 Å². The van der Waals surface area contributed by atoms with Crippen LogP contribution < -0.4 is 10.6 Å². The maximum atomic E-state index is 13.2. The number of alkyl halides is 3. The van der Waals surface area contributed by atoms with Crippen LogP contribution in [0.2, 0.25) is 0 Å². The molecule has 1 amide bonds. The summed E-state index contributed by atoms with van der Waals surface area (Å²) in [6, 6.07) is 3.19. The first kappa shape index (κ1) is 14.3. The molecule has 1 aliphatic heterocycles. The molecule has 0 aliphatic carbocycles. The van der Waals surface area contributed by atoms with Gasteiger partial charge in [0.25, 0.3) is 0 Å². The fraction of sp³-hybridized carbons (Fsp3) is 0.583. The lowest BCUT2D eigenvalue weighted by Gasteiger charge is -2.30. The van der Waals surface area contributed by atoms with Gasteiger partial charge < -0.3 is 10.6 Å². The number of halogens is 3. The second kappa shape index (κ2) is 5.13. The van der Waals surface area contributed by atoms with E-state index in [0.29, 0.717) is 0 Å². The van der Waals surface area contributed by atoms with Gasteiger partial charge in [0.2, 0.25) is 5.91 Å². The molecule has 7 heteroatoms. The highest BCUT2D eigenvalue weighted by Crippen LogP contribution is 2.43. The average Bonchev–Trinajstić information content (AvgIpc) is 3.00. The van der Waals surface area contributed by atoms with Gasteiger partial charge in [-0.1, -0.05) is 6.07 Å². The summed E-state index contributed by atoms with van der Waals surface area (Å²) in [5, 5.41) is 6.94. The highest BCUT2D eigenvalue weighted by molar-refractivity contribution is 7.10. The molecule has 2 atom stereocenters. The van der Waals surface area contributed by atoms with E-state index >= 15 is 0 Å². The molecular weight excluding hydrogens is 277 g/mol. The minimum absolute atomic E-state index is 0.209. The molecule has 106 valence electrons. The molecule has 1 aromatic heterocycles. The van der Waals surface area contributed by atoms with Crippen molar-refractivity contribution < 1.29 is 18.0 Å². The van der Waals surface area contributed by atoms with Crippen LogP contribution in [0.15, 0.2) is 17.5 Å². The van der Waals surface area contributed by atoms with Crippen molar-refractivity contribution in [1.82, 2.24) is 10.6 Å². The molecule has 0 bridgehead atoms. The predicted molar refractivity (Wildman–Crippen MR) is 66.9 cm³/mol. The monoisotopic (exact) mass is 292 g/mol. The fourth-order valence-corrected chi connectivity index (χ4v) is 2.93. The second-order valence-electron chi connectivity index (χ2n) is 4.72. The van der Waals surface area contributed by atoms with Crippen molar-refractivity contribution in [2.45, 2.75) is 25.6 Å². The lowest BCUT2D eigenvalue weighted by molar-refractivity contribution is -0.216. The van der Waals surface area contributed by atoms with Crippen LogP contribution in [0.25, 0.3) is 0 Å². The van der Waals surface area contributed by atoms with Gasteiger partial charge in [-0.2, -0.15) is 13.2 Å². The summed E-state index contributed by atoms with van der Waals surface area (Å²) >= 11 is 1.41. The zero-order valence-electron chi connectivity index (χ0n) is 10.4. The number of nitrogens with one attached hydrogen (secondary N) is 2. The number of carbonyl (C=O) groups excluding carboxylic acids is 1. The molecule has 19 heavy (non-hydrogen) atoms. The Balaban J connectivity index is 2.13. The minimum Gasteiger partial charge on any atom is -0.348 e. The topological polar surface area (TPSA) is 41.1 Å². The Morgan fingerprint density at radius 1 is 1.58 bits per heavy atom. The molecule has 0 saturated carbocycles. The molecule has 2 heterocycles. The maximum absolute atomic E-state index is 13.2. The molecular formula is C12H15F3N2OS. The van der Waals surface area contributed by atoms with E-state index in [9.17, 15) is 18.0 Å². The smallest absolute Gasteiger partial charge is 0.348 e.